The van der Waals surface area contributed by atoms with E-state index in [2.05, 4.69) is 25.7 Å². The molecule has 0 radical (unpaired) electrons. The first-order chi connectivity index (χ1) is 9.78. The van der Waals surface area contributed by atoms with Crippen molar-refractivity contribution in [2.45, 2.75) is 32.2 Å². The van der Waals surface area contributed by atoms with Crippen LogP contribution < -0.4 is 16.6 Å². The second-order valence-corrected chi connectivity index (χ2v) is 5.00. The second-order valence-electron chi connectivity index (χ2n) is 5.00. The van der Waals surface area contributed by atoms with Crippen molar-refractivity contribution in [3.8, 4) is 0 Å². The Labute approximate surface area is 117 Å². The van der Waals surface area contributed by atoms with Crippen LogP contribution in [0.3, 0.4) is 0 Å². The average Bonchev–Trinajstić information content (AvgIpc) is 3.32. The molecular weight excluding hydrogens is 252 g/mol. The number of hydrogen-bond donors (Lipinski definition) is 3. The van der Waals surface area contributed by atoms with Crippen molar-refractivity contribution in [3.05, 3.63) is 41.5 Å². The summed E-state index contributed by atoms with van der Waals surface area (Å²) >= 11 is 0. The first-order valence-corrected chi connectivity index (χ1v) is 6.77. The number of nitrogen functional groups attached to an aromatic ring is 1. The molecular formula is C14H18N6. The highest BCUT2D eigenvalue weighted by Crippen LogP contribution is 2.39. The molecule has 1 aliphatic carbocycles. The van der Waals surface area contributed by atoms with E-state index in [-0.39, 0.29) is 0 Å². The molecule has 0 bridgehead atoms. The second kappa shape index (κ2) is 5.42. The van der Waals surface area contributed by atoms with Gasteiger partial charge in [0, 0.05) is 17.7 Å². The first kappa shape index (κ1) is 12.8. The number of anilines is 2. The maximum absolute atomic E-state index is 5.54. The number of nitrogens with one attached hydrogen (secondary N) is 2. The molecule has 4 N–H and O–H groups in total. The van der Waals surface area contributed by atoms with E-state index >= 15 is 0 Å². The fourth-order valence-electron chi connectivity index (χ4n) is 2.05. The smallest absolute Gasteiger partial charge is 0.148 e. The number of hydrogen-bond acceptors (Lipinski definition) is 6. The number of nitrogens with zero attached hydrogens (tertiary/aromatic N) is 3. The molecule has 0 aliphatic heterocycles. The van der Waals surface area contributed by atoms with Crippen molar-refractivity contribution in [1.29, 1.82) is 0 Å². The molecule has 1 saturated carbocycles. The summed E-state index contributed by atoms with van der Waals surface area (Å²) in [5.74, 6) is 8.39. The van der Waals surface area contributed by atoms with Gasteiger partial charge < -0.3 is 10.7 Å². The van der Waals surface area contributed by atoms with Crippen LogP contribution in [0.5, 0.6) is 0 Å². The van der Waals surface area contributed by atoms with E-state index in [9.17, 15) is 0 Å². The maximum Gasteiger partial charge on any atom is 0.148 e. The number of pyridine rings is 1. The molecule has 1 fully saturated rings. The lowest BCUT2D eigenvalue weighted by Gasteiger charge is -2.13. The molecule has 0 saturated heterocycles. The highest BCUT2D eigenvalue weighted by molar-refractivity contribution is 5.57. The number of aromatic nitrogens is 3. The van der Waals surface area contributed by atoms with Crippen LogP contribution in [0.15, 0.2) is 24.4 Å². The van der Waals surface area contributed by atoms with Crippen LogP contribution in [0.1, 0.15) is 35.8 Å². The van der Waals surface area contributed by atoms with Gasteiger partial charge >= 0.3 is 0 Å². The molecule has 0 spiro atoms. The molecule has 6 heteroatoms. The number of nitrogens with two attached hydrogens (primary N) is 1. The highest BCUT2D eigenvalue weighted by atomic mass is 15.3. The van der Waals surface area contributed by atoms with E-state index in [0.29, 0.717) is 18.3 Å². The molecule has 20 heavy (non-hydrogen) atoms. The van der Waals surface area contributed by atoms with Gasteiger partial charge in [-0.3, -0.25) is 4.98 Å². The fourth-order valence-corrected chi connectivity index (χ4v) is 2.05. The van der Waals surface area contributed by atoms with E-state index in [4.69, 9.17) is 5.84 Å². The highest BCUT2D eigenvalue weighted by Gasteiger charge is 2.28. The van der Waals surface area contributed by atoms with Gasteiger partial charge in [-0.1, -0.05) is 6.07 Å². The molecule has 2 aromatic rings. The third kappa shape index (κ3) is 2.70. The Morgan fingerprint density at radius 2 is 2.05 bits per heavy atom. The summed E-state index contributed by atoms with van der Waals surface area (Å²) in [6, 6.07) is 5.86. The number of rotatable bonds is 5. The Kier molecular flexibility index (Phi) is 3.47. The van der Waals surface area contributed by atoms with Crippen LogP contribution in [-0.4, -0.2) is 15.0 Å². The van der Waals surface area contributed by atoms with Crippen LogP contribution in [0.2, 0.25) is 0 Å². The van der Waals surface area contributed by atoms with Crippen molar-refractivity contribution in [3.63, 3.8) is 0 Å². The zero-order chi connectivity index (χ0) is 13.9. The Morgan fingerprint density at radius 3 is 2.70 bits per heavy atom. The summed E-state index contributed by atoms with van der Waals surface area (Å²) < 4.78 is 0. The Hall–Kier alpha value is -2.21. The van der Waals surface area contributed by atoms with Gasteiger partial charge in [-0.05, 0) is 31.9 Å². The minimum Gasteiger partial charge on any atom is -0.364 e. The van der Waals surface area contributed by atoms with Gasteiger partial charge in [-0.2, -0.15) is 0 Å². The first-order valence-electron chi connectivity index (χ1n) is 6.77. The van der Waals surface area contributed by atoms with Gasteiger partial charge in [0.05, 0.1) is 12.2 Å². The summed E-state index contributed by atoms with van der Waals surface area (Å²) in [6.45, 7) is 2.58. The third-order valence-electron chi connectivity index (χ3n) is 3.41. The predicted octanol–water partition coefficient (Wildman–Crippen LogP) is 1.96. The van der Waals surface area contributed by atoms with E-state index in [1.807, 2.05) is 25.1 Å². The topological polar surface area (TPSA) is 88.8 Å². The molecule has 1 aliphatic rings. The van der Waals surface area contributed by atoms with Crippen molar-refractivity contribution >= 4 is 11.6 Å². The lowest BCUT2D eigenvalue weighted by atomic mass is 10.2. The molecule has 0 atom stereocenters. The zero-order valence-electron chi connectivity index (χ0n) is 11.4. The van der Waals surface area contributed by atoms with Crippen LogP contribution in [0.4, 0.5) is 11.6 Å². The van der Waals surface area contributed by atoms with E-state index in [1.54, 1.807) is 6.20 Å². The zero-order valence-corrected chi connectivity index (χ0v) is 11.4. The minimum absolute atomic E-state index is 0.484. The van der Waals surface area contributed by atoms with Crippen LogP contribution in [0.25, 0.3) is 0 Å². The minimum atomic E-state index is 0.484. The SMILES string of the molecule is Cc1c(NN)nc(C2CC2)nc1NCc1ccccn1. The van der Waals surface area contributed by atoms with Gasteiger partial charge in [0.2, 0.25) is 0 Å². The largest absolute Gasteiger partial charge is 0.364 e. The van der Waals surface area contributed by atoms with Crippen LogP contribution >= 0.6 is 0 Å². The maximum atomic E-state index is 5.54. The molecule has 0 unspecified atom stereocenters. The quantitative estimate of drug-likeness (QED) is 0.568. The lowest BCUT2D eigenvalue weighted by molar-refractivity contribution is 0.906. The van der Waals surface area contributed by atoms with Gasteiger partial charge in [-0.15, -0.1) is 0 Å². The Balaban J connectivity index is 1.82. The number of hydrazine groups is 1. The Bertz CT molecular complexity index is 594. The lowest BCUT2D eigenvalue weighted by Crippen LogP contribution is -2.15. The van der Waals surface area contributed by atoms with Crippen LogP contribution in [-0.2, 0) is 6.54 Å². The van der Waals surface area contributed by atoms with Gasteiger partial charge in [0.15, 0.2) is 0 Å². The van der Waals surface area contributed by atoms with Gasteiger partial charge in [0.1, 0.15) is 17.5 Å². The molecule has 6 nitrogen and oxygen atoms in total. The van der Waals surface area contributed by atoms with E-state index < -0.39 is 0 Å². The van der Waals surface area contributed by atoms with Crippen LogP contribution in [0, 0.1) is 6.92 Å². The standard InChI is InChI=1S/C14H18N6/c1-9-12(17-8-11-4-2-3-7-16-11)18-14(10-5-6-10)19-13(9)20-15/h2-4,7,10H,5-6,8,15H2,1H3,(H2,17,18,19,20). The van der Waals surface area contributed by atoms with Crippen molar-refractivity contribution in [2.24, 2.45) is 5.84 Å². The normalized spacial score (nSPS) is 14.1. The summed E-state index contributed by atoms with van der Waals surface area (Å²) in [7, 11) is 0. The van der Waals surface area contributed by atoms with Crippen molar-refractivity contribution < 1.29 is 0 Å². The molecule has 3 rings (SSSR count). The molecule has 2 heterocycles. The summed E-state index contributed by atoms with van der Waals surface area (Å²) in [4.78, 5) is 13.4. The fraction of sp³-hybridized carbons (Fsp3) is 0.357. The average molecular weight is 270 g/mol. The summed E-state index contributed by atoms with van der Waals surface area (Å²) in [6.07, 6.45) is 4.10. The van der Waals surface area contributed by atoms with E-state index in [1.165, 1.54) is 0 Å². The molecule has 104 valence electrons. The van der Waals surface area contributed by atoms with E-state index in [0.717, 1.165) is 35.7 Å². The monoisotopic (exact) mass is 270 g/mol. The molecule has 0 amide bonds. The Morgan fingerprint density at radius 1 is 1.25 bits per heavy atom. The van der Waals surface area contributed by atoms with Crippen molar-refractivity contribution in [2.75, 3.05) is 10.7 Å². The van der Waals surface area contributed by atoms with Crippen molar-refractivity contribution in [1.82, 2.24) is 15.0 Å². The predicted molar refractivity (Wildman–Crippen MR) is 78.1 cm³/mol. The third-order valence-corrected chi connectivity index (χ3v) is 3.41. The van der Waals surface area contributed by atoms with Gasteiger partial charge in [-0.25, -0.2) is 15.8 Å². The molecule has 2 aromatic heterocycles. The van der Waals surface area contributed by atoms with Gasteiger partial charge in [0.25, 0.3) is 0 Å². The summed E-state index contributed by atoms with van der Waals surface area (Å²) in [5, 5.41) is 3.32. The summed E-state index contributed by atoms with van der Waals surface area (Å²) in [5.41, 5.74) is 4.55. The molecule has 0 aromatic carbocycles.